The average Bonchev–Trinajstić information content (AvgIpc) is 3.07. The molecule has 2 saturated carbocycles. The third-order valence-electron chi connectivity index (χ3n) is 5.19. The zero-order valence-corrected chi connectivity index (χ0v) is 14.1. The molecule has 1 aromatic carbocycles. The number of hydrogen-bond donors (Lipinski definition) is 3. The van der Waals surface area contributed by atoms with E-state index in [1.807, 2.05) is 6.07 Å². The molecule has 0 radical (unpaired) electrons. The van der Waals surface area contributed by atoms with Gasteiger partial charge in [-0.15, -0.1) is 0 Å². The van der Waals surface area contributed by atoms with Crippen LogP contribution in [0.15, 0.2) is 23.2 Å². The highest BCUT2D eigenvalue weighted by molar-refractivity contribution is 6.32. The molecule has 3 unspecified atom stereocenters. The third-order valence-corrected chi connectivity index (χ3v) is 5.49. The number of anilines is 1. The highest BCUT2D eigenvalue weighted by atomic mass is 35.5. The number of nitrogens with two attached hydrogens (primary N) is 1. The molecule has 0 spiro atoms. The van der Waals surface area contributed by atoms with Gasteiger partial charge in [0.05, 0.1) is 17.7 Å². The average molecular weight is 338 g/mol. The predicted molar refractivity (Wildman–Crippen MR) is 93.1 cm³/mol. The Kier molecular flexibility index (Phi) is 4.69. The fourth-order valence-electron chi connectivity index (χ4n) is 4.02. The summed E-state index contributed by atoms with van der Waals surface area (Å²) in [7, 11) is 1.57. The number of methoxy groups -OCH3 is 1. The summed E-state index contributed by atoms with van der Waals surface area (Å²) in [5, 5.41) is 14.2. The monoisotopic (exact) mass is 337 g/mol. The number of aliphatic imine (C=N–C) groups is 1. The molecule has 0 aromatic heterocycles. The second kappa shape index (κ2) is 6.57. The Morgan fingerprint density at radius 2 is 2.35 bits per heavy atom. The smallest absolute Gasteiger partial charge is 0.193 e. The Bertz CT molecular complexity index is 608. The summed E-state index contributed by atoms with van der Waals surface area (Å²) in [4.78, 5) is 4.33. The third kappa shape index (κ3) is 3.56. The van der Waals surface area contributed by atoms with E-state index in [0.29, 0.717) is 41.5 Å². The molecule has 2 aliphatic carbocycles. The molecule has 5 nitrogen and oxygen atoms in total. The number of nitrogens with one attached hydrogen (secondary N) is 1. The van der Waals surface area contributed by atoms with E-state index < -0.39 is 5.60 Å². The van der Waals surface area contributed by atoms with E-state index in [1.165, 1.54) is 12.8 Å². The molecule has 0 aliphatic heterocycles. The first-order valence-electron chi connectivity index (χ1n) is 8.13. The first kappa shape index (κ1) is 16.4. The first-order chi connectivity index (χ1) is 11.0. The first-order valence-corrected chi connectivity index (χ1v) is 8.51. The minimum absolute atomic E-state index is 0.331. The number of nitrogens with zero attached hydrogens (tertiary/aromatic N) is 1. The van der Waals surface area contributed by atoms with Crippen LogP contribution in [0.1, 0.15) is 32.1 Å². The molecule has 2 aliphatic rings. The van der Waals surface area contributed by atoms with Crippen LogP contribution in [0.4, 0.5) is 5.69 Å². The summed E-state index contributed by atoms with van der Waals surface area (Å²) in [6, 6.07) is 5.35. The second-order valence-corrected chi connectivity index (χ2v) is 7.08. The van der Waals surface area contributed by atoms with Gasteiger partial charge in [0.25, 0.3) is 0 Å². The van der Waals surface area contributed by atoms with Gasteiger partial charge in [-0.25, -0.2) is 0 Å². The Morgan fingerprint density at radius 3 is 2.96 bits per heavy atom. The Labute approximate surface area is 141 Å². The van der Waals surface area contributed by atoms with Gasteiger partial charge in [0.1, 0.15) is 5.75 Å². The summed E-state index contributed by atoms with van der Waals surface area (Å²) in [6.07, 6.45) is 5.22. The van der Waals surface area contributed by atoms with E-state index in [1.54, 1.807) is 19.2 Å². The van der Waals surface area contributed by atoms with Gasteiger partial charge in [0, 0.05) is 12.2 Å². The minimum atomic E-state index is -0.532. The number of halogens is 1. The number of benzene rings is 1. The van der Waals surface area contributed by atoms with Crippen LogP contribution >= 0.6 is 11.6 Å². The standard InChI is InChI=1S/C17H24ClN3O2/c1-23-15-5-4-13(9-14(15)18)21-16(19)20-7-6-17(22)10-11-2-3-12(17)8-11/h4-5,9,11-12,22H,2-3,6-8,10H2,1H3,(H3,19,20,21). The molecule has 4 N–H and O–H groups in total. The normalized spacial score (nSPS) is 29.8. The van der Waals surface area contributed by atoms with Crippen LogP contribution in [0.5, 0.6) is 5.75 Å². The van der Waals surface area contributed by atoms with Gasteiger partial charge in [0.2, 0.25) is 0 Å². The van der Waals surface area contributed by atoms with Crippen LogP contribution < -0.4 is 15.8 Å². The van der Waals surface area contributed by atoms with Crippen LogP contribution in [0.3, 0.4) is 0 Å². The zero-order valence-electron chi connectivity index (χ0n) is 13.4. The highest BCUT2D eigenvalue weighted by Crippen LogP contribution is 2.52. The zero-order chi connectivity index (χ0) is 16.4. The van der Waals surface area contributed by atoms with E-state index in [0.717, 1.165) is 18.5 Å². The molecule has 0 heterocycles. The quantitative estimate of drug-likeness (QED) is 0.570. The van der Waals surface area contributed by atoms with Crippen molar-refractivity contribution in [1.82, 2.24) is 0 Å². The Balaban J connectivity index is 1.53. The minimum Gasteiger partial charge on any atom is -0.495 e. The van der Waals surface area contributed by atoms with Crippen LogP contribution in [-0.2, 0) is 0 Å². The van der Waals surface area contributed by atoms with Crippen molar-refractivity contribution in [2.24, 2.45) is 22.6 Å². The molecule has 2 fully saturated rings. The maximum atomic E-state index is 10.7. The van der Waals surface area contributed by atoms with Gasteiger partial charge in [-0.2, -0.15) is 0 Å². The van der Waals surface area contributed by atoms with Crippen molar-refractivity contribution in [3.05, 3.63) is 23.2 Å². The molecule has 3 atom stereocenters. The maximum absolute atomic E-state index is 10.7. The number of hydrogen-bond acceptors (Lipinski definition) is 3. The summed E-state index contributed by atoms with van der Waals surface area (Å²) in [6.45, 7) is 0.530. The number of fused-ring (bicyclic) bond motifs is 2. The number of rotatable bonds is 5. The molecule has 23 heavy (non-hydrogen) atoms. The summed E-state index contributed by atoms with van der Waals surface area (Å²) in [5.41, 5.74) is 6.14. The van der Waals surface area contributed by atoms with Crippen LogP contribution in [0.2, 0.25) is 5.02 Å². The van der Waals surface area contributed by atoms with Crippen LogP contribution in [0, 0.1) is 11.8 Å². The summed E-state index contributed by atoms with van der Waals surface area (Å²) < 4.78 is 5.11. The maximum Gasteiger partial charge on any atom is 0.193 e. The van der Waals surface area contributed by atoms with Gasteiger partial charge in [-0.1, -0.05) is 11.6 Å². The van der Waals surface area contributed by atoms with Gasteiger partial charge in [-0.3, -0.25) is 4.99 Å². The van der Waals surface area contributed by atoms with Gasteiger partial charge in [-0.05, 0) is 62.1 Å². The Morgan fingerprint density at radius 1 is 1.52 bits per heavy atom. The van der Waals surface area contributed by atoms with Crippen molar-refractivity contribution in [2.75, 3.05) is 19.0 Å². The van der Waals surface area contributed by atoms with Crippen LogP contribution in [0.25, 0.3) is 0 Å². The lowest BCUT2D eigenvalue weighted by Gasteiger charge is -2.31. The largest absolute Gasteiger partial charge is 0.495 e. The molecule has 126 valence electrons. The van der Waals surface area contributed by atoms with E-state index in [9.17, 15) is 5.11 Å². The van der Waals surface area contributed by atoms with Crippen molar-refractivity contribution in [1.29, 1.82) is 0 Å². The lowest BCUT2D eigenvalue weighted by Crippen LogP contribution is -2.36. The number of ether oxygens (including phenoxy) is 1. The molecule has 6 heteroatoms. The van der Waals surface area contributed by atoms with E-state index in [4.69, 9.17) is 22.1 Å². The fourth-order valence-corrected chi connectivity index (χ4v) is 4.28. The SMILES string of the molecule is COc1ccc(NC(N)=NCCC2(O)CC3CCC2C3)cc1Cl. The summed E-state index contributed by atoms with van der Waals surface area (Å²) >= 11 is 6.08. The molecule has 0 saturated heterocycles. The lowest BCUT2D eigenvalue weighted by atomic mass is 9.82. The fraction of sp³-hybridized carbons (Fsp3) is 0.588. The van der Waals surface area contributed by atoms with E-state index in [2.05, 4.69) is 10.3 Å². The van der Waals surface area contributed by atoms with Crippen molar-refractivity contribution in [3.63, 3.8) is 0 Å². The lowest BCUT2D eigenvalue weighted by molar-refractivity contribution is -0.0181. The Hall–Kier alpha value is -1.46. The van der Waals surface area contributed by atoms with Crippen molar-refractivity contribution < 1.29 is 9.84 Å². The molecular formula is C17H24ClN3O2. The van der Waals surface area contributed by atoms with Gasteiger partial charge < -0.3 is 20.9 Å². The van der Waals surface area contributed by atoms with Crippen LogP contribution in [-0.4, -0.2) is 30.3 Å². The van der Waals surface area contributed by atoms with Crippen molar-refractivity contribution in [2.45, 2.75) is 37.7 Å². The molecular weight excluding hydrogens is 314 g/mol. The van der Waals surface area contributed by atoms with Gasteiger partial charge >= 0.3 is 0 Å². The molecule has 1 aromatic rings. The topological polar surface area (TPSA) is 79.9 Å². The summed E-state index contributed by atoms with van der Waals surface area (Å²) in [5.74, 6) is 2.12. The molecule has 3 rings (SSSR count). The number of guanidine groups is 1. The predicted octanol–water partition coefficient (Wildman–Crippen LogP) is 3.02. The van der Waals surface area contributed by atoms with E-state index >= 15 is 0 Å². The van der Waals surface area contributed by atoms with Crippen molar-refractivity contribution in [3.8, 4) is 5.75 Å². The molecule has 0 amide bonds. The van der Waals surface area contributed by atoms with E-state index in [-0.39, 0.29) is 0 Å². The second-order valence-electron chi connectivity index (χ2n) is 6.67. The van der Waals surface area contributed by atoms with Gasteiger partial charge in [0.15, 0.2) is 5.96 Å². The van der Waals surface area contributed by atoms with Crippen molar-refractivity contribution >= 4 is 23.2 Å². The molecule has 2 bridgehead atoms. The number of aliphatic hydroxyl groups is 1. The highest BCUT2D eigenvalue weighted by Gasteiger charge is 2.49.